The number of nitrogens with one attached hydrogen (secondary N) is 1. The van der Waals surface area contributed by atoms with Crippen molar-refractivity contribution in [2.24, 2.45) is 0 Å². The molecule has 1 aliphatic rings. The number of pyridine rings is 1. The molecule has 0 saturated heterocycles. The van der Waals surface area contributed by atoms with Gasteiger partial charge in [0.2, 0.25) is 0 Å². The van der Waals surface area contributed by atoms with E-state index in [9.17, 15) is 0 Å². The lowest BCUT2D eigenvalue weighted by atomic mass is 10.2. The van der Waals surface area contributed by atoms with E-state index in [1.54, 1.807) is 0 Å². The van der Waals surface area contributed by atoms with Crippen molar-refractivity contribution in [3.8, 4) is 0 Å². The second-order valence-corrected chi connectivity index (χ2v) is 3.97. The number of aryl methyl sites for hydroxylation is 1. The van der Waals surface area contributed by atoms with E-state index >= 15 is 0 Å². The topological polar surface area (TPSA) is 42.7 Å². The van der Waals surface area contributed by atoms with Crippen molar-refractivity contribution >= 4 is 11.0 Å². The number of fused-ring (bicyclic) bond motifs is 1. The molecule has 86 valence electrons. The van der Waals surface area contributed by atoms with E-state index in [-0.39, 0.29) is 6.04 Å². The van der Waals surface area contributed by atoms with Gasteiger partial charge in [-0.05, 0) is 25.3 Å². The van der Waals surface area contributed by atoms with Gasteiger partial charge in [0, 0.05) is 12.7 Å². The summed E-state index contributed by atoms with van der Waals surface area (Å²) in [5, 5.41) is 3.30. The third-order valence-corrected chi connectivity index (χ3v) is 2.96. The van der Waals surface area contributed by atoms with E-state index in [1.165, 1.54) is 0 Å². The van der Waals surface area contributed by atoms with Crippen LogP contribution in [0, 0.1) is 0 Å². The minimum atomic E-state index is 0.146. The Kier molecular flexibility index (Phi) is 2.40. The van der Waals surface area contributed by atoms with Crippen LogP contribution in [0.4, 0.5) is 0 Å². The van der Waals surface area contributed by atoms with Gasteiger partial charge in [0.1, 0.15) is 17.4 Å². The maximum atomic E-state index is 4.66. The number of dihydropyridines is 1. The van der Waals surface area contributed by atoms with Crippen molar-refractivity contribution in [2.45, 2.75) is 19.5 Å². The van der Waals surface area contributed by atoms with Crippen LogP contribution in [0.15, 0.2) is 42.9 Å². The van der Waals surface area contributed by atoms with Crippen LogP contribution in [-0.2, 0) is 6.54 Å². The van der Waals surface area contributed by atoms with Crippen LogP contribution in [0.2, 0.25) is 0 Å². The summed E-state index contributed by atoms with van der Waals surface area (Å²) >= 11 is 0. The van der Waals surface area contributed by atoms with Crippen LogP contribution in [0.5, 0.6) is 0 Å². The van der Waals surface area contributed by atoms with E-state index in [1.807, 2.05) is 36.8 Å². The molecule has 2 aromatic rings. The Morgan fingerprint density at radius 1 is 1.41 bits per heavy atom. The molecule has 0 fully saturated rings. The average Bonchev–Trinajstić information content (AvgIpc) is 2.78. The summed E-state index contributed by atoms with van der Waals surface area (Å²) < 4.78 is 2.22. The normalized spacial score (nSPS) is 18.5. The van der Waals surface area contributed by atoms with Crippen molar-refractivity contribution < 1.29 is 0 Å². The van der Waals surface area contributed by atoms with Gasteiger partial charge < -0.3 is 9.88 Å². The van der Waals surface area contributed by atoms with Crippen LogP contribution in [0.1, 0.15) is 18.8 Å². The van der Waals surface area contributed by atoms with Crippen molar-refractivity contribution in [1.82, 2.24) is 19.9 Å². The molecule has 0 aromatic carbocycles. The molecule has 3 heterocycles. The number of imidazole rings is 1. The van der Waals surface area contributed by atoms with Crippen molar-refractivity contribution in [2.75, 3.05) is 0 Å². The predicted molar refractivity (Wildman–Crippen MR) is 67.4 cm³/mol. The molecule has 0 amide bonds. The lowest BCUT2D eigenvalue weighted by Gasteiger charge is -2.16. The molecule has 0 aliphatic carbocycles. The zero-order valence-electron chi connectivity index (χ0n) is 9.67. The molecule has 17 heavy (non-hydrogen) atoms. The smallest absolute Gasteiger partial charge is 0.136 e. The fraction of sp³-hybridized carbons (Fsp3) is 0.231. The van der Waals surface area contributed by atoms with Crippen LogP contribution in [-0.4, -0.2) is 14.5 Å². The third kappa shape index (κ3) is 1.62. The molecule has 1 N–H and O–H groups in total. The predicted octanol–water partition coefficient (Wildman–Crippen LogP) is 2.17. The van der Waals surface area contributed by atoms with E-state index in [4.69, 9.17) is 0 Å². The minimum absolute atomic E-state index is 0.146. The zero-order chi connectivity index (χ0) is 11.7. The van der Waals surface area contributed by atoms with Gasteiger partial charge in [-0.1, -0.05) is 12.2 Å². The Morgan fingerprint density at radius 2 is 2.35 bits per heavy atom. The zero-order valence-corrected chi connectivity index (χ0v) is 9.67. The van der Waals surface area contributed by atoms with Crippen molar-refractivity contribution in [1.29, 1.82) is 0 Å². The molecule has 0 spiro atoms. The minimum Gasteiger partial charge on any atom is -0.378 e. The van der Waals surface area contributed by atoms with Crippen LogP contribution >= 0.6 is 0 Å². The highest BCUT2D eigenvalue weighted by molar-refractivity contribution is 5.74. The van der Waals surface area contributed by atoms with E-state index < -0.39 is 0 Å². The van der Waals surface area contributed by atoms with Gasteiger partial charge in [-0.2, -0.15) is 0 Å². The molecule has 0 radical (unpaired) electrons. The van der Waals surface area contributed by atoms with Crippen LogP contribution in [0.25, 0.3) is 11.0 Å². The quantitative estimate of drug-likeness (QED) is 0.853. The maximum absolute atomic E-state index is 4.66. The molecule has 0 bridgehead atoms. The van der Waals surface area contributed by atoms with Gasteiger partial charge >= 0.3 is 0 Å². The van der Waals surface area contributed by atoms with Gasteiger partial charge in [-0.15, -0.1) is 0 Å². The summed E-state index contributed by atoms with van der Waals surface area (Å²) in [7, 11) is 0. The number of allylic oxidation sites excluding steroid dienone is 2. The molecular formula is C13H14N4. The largest absolute Gasteiger partial charge is 0.378 e. The first kappa shape index (κ1) is 10.1. The molecule has 3 rings (SSSR count). The summed E-state index contributed by atoms with van der Waals surface area (Å²) in [5.41, 5.74) is 2.09. The Labute approximate surface area is 99.7 Å². The molecule has 0 saturated carbocycles. The molecule has 1 unspecified atom stereocenters. The Balaban J connectivity index is 2.15. The average molecular weight is 226 g/mol. The van der Waals surface area contributed by atoms with Crippen LogP contribution in [0.3, 0.4) is 0 Å². The Bertz CT molecular complexity index is 594. The number of nitrogens with zero attached hydrogens (tertiary/aromatic N) is 3. The van der Waals surface area contributed by atoms with E-state index in [2.05, 4.69) is 32.9 Å². The van der Waals surface area contributed by atoms with Gasteiger partial charge in [0.15, 0.2) is 0 Å². The maximum Gasteiger partial charge on any atom is 0.136 e. The lowest BCUT2D eigenvalue weighted by Crippen LogP contribution is -2.19. The highest BCUT2D eigenvalue weighted by atomic mass is 15.1. The van der Waals surface area contributed by atoms with Crippen molar-refractivity contribution in [3.63, 3.8) is 0 Å². The summed E-state index contributed by atoms with van der Waals surface area (Å²) in [6, 6.07) is 2.16. The first-order valence-corrected chi connectivity index (χ1v) is 5.79. The van der Waals surface area contributed by atoms with Gasteiger partial charge in [0.25, 0.3) is 0 Å². The SMILES string of the molecule is CCn1c(C2C=CC=CN2)nc2cnccc21. The van der Waals surface area contributed by atoms with Crippen molar-refractivity contribution in [3.05, 3.63) is 48.7 Å². The van der Waals surface area contributed by atoms with Gasteiger partial charge in [-0.3, -0.25) is 4.98 Å². The summed E-state index contributed by atoms with van der Waals surface area (Å²) in [5.74, 6) is 1.04. The highest BCUT2D eigenvalue weighted by Crippen LogP contribution is 2.22. The van der Waals surface area contributed by atoms with E-state index in [0.29, 0.717) is 0 Å². The lowest BCUT2D eigenvalue weighted by molar-refractivity contribution is 0.627. The number of hydrogen-bond acceptors (Lipinski definition) is 3. The molecule has 4 heteroatoms. The number of hydrogen-bond donors (Lipinski definition) is 1. The summed E-state index contributed by atoms with van der Waals surface area (Å²) in [4.78, 5) is 8.78. The Hall–Kier alpha value is -2.10. The van der Waals surface area contributed by atoms with E-state index in [0.717, 1.165) is 23.4 Å². The number of rotatable bonds is 2. The second-order valence-electron chi connectivity index (χ2n) is 3.97. The fourth-order valence-corrected chi connectivity index (χ4v) is 2.18. The first-order valence-electron chi connectivity index (χ1n) is 5.79. The molecule has 2 aromatic heterocycles. The summed E-state index contributed by atoms with van der Waals surface area (Å²) in [6.07, 6.45) is 11.7. The van der Waals surface area contributed by atoms with Gasteiger partial charge in [0.05, 0.1) is 11.7 Å². The first-order chi connectivity index (χ1) is 8.40. The second kappa shape index (κ2) is 4.05. The van der Waals surface area contributed by atoms with Crippen LogP contribution < -0.4 is 5.32 Å². The fourth-order valence-electron chi connectivity index (χ4n) is 2.18. The summed E-state index contributed by atoms with van der Waals surface area (Å²) in [6.45, 7) is 3.04. The number of aromatic nitrogens is 3. The molecular weight excluding hydrogens is 212 g/mol. The van der Waals surface area contributed by atoms with Gasteiger partial charge in [-0.25, -0.2) is 4.98 Å². The molecule has 1 aliphatic heterocycles. The monoisotopic (exact) mass is 226 g/mol. The standard InChI is InChI=1S/C13H14N4/c1-2-17-12-6-8-14-9-11(12)16-13(17)10-5-3-4-7-15-10/h3-10,15H,2H2,1H3. The Morgan fingerprint density at radius 3 is 3.12 bits per heavy atom. The molecule has 4 nitrogen and oxygen atoms in total. The third-order valence-electron chi connectivity index (χ3n) is 2.96. The molecule has 1 atom stereocenters. The highest BCUT2D eigenvalue weighted by Gasteiger charge is 2.16.